The fourth-order valence-electron chi connectivity index (χ4n) is 2.55. The monoisotopic (exact) mass is 342 g/mol. The first-order valence-electron chi connectivity index (χ1n) is 6.73. The van der Waals surface area contributed by atoms with Crippen molar-refractivity contribution in [1.29, 1.82) is 0 Å². The number of sulfonamides is 1. The van der Waals surface area contributed by atoms with E-state index in [-0.39, 0.29) is 0 Å². The fraction of sp³-hybridized carbons (Fsp3) is 0.462. The third kappa shape index (κ3) is 3.13. The van der Waals surface area contributed by atoms with Gasteiger partial charge in [-0.3, -0.25) is 9.78 Å². The van der Waals surface area contributed by atoms with Gasteiger partial charge in [-0.1, -0.05) is 5.16 Å². The molecule has 0 bridgehead atoms. The normalized spacial score (nSPS) is 12.6. The SMILES string of the molecule is Cc1noc(C)c1C(C)(C)NS(=O)(=O)c1cn(C)c(=O)[nH]c1=O. The molecule has 23 heavy (non-hydrogen) atoms. The molecule has 2 aromatic heterocycles. The van der Waals surface area contributed by atoms with Gasteiger partial charge in [0.2, 0.25) is 10.0 Å². The van der Waals surface area contributed by atoms with Crippen molar-refractivity contribution in [2.24, 2.45) is 7.05 Å². The molecule has 10 heteroatoms. The van der Waals surface area contributed by atoms with Crippen LogP contribution in [0.2, 0.25) is 0 Å². The zero-order chi connectivity index (χ0) is 17.6. The van der Waals surface area contributed by atoms with Crippen molar-refractivity contribution in [2.75, 3.05) is 0 Å². The van der Waals surface area contributed by atoms with E-state index in [9.17, 15) is 18.0 Å². The summed E-state index contributed by atoms with van der Waals surface area (Å²) < 4.78 is 33.6. The zero-order valence-corrected chi connectivity index (χ0v) is 14.2. The third-order valence-electron chi connectivity index (χ3n) is 3.41. The molecule has 0 aliphatic carbocycles. The Labute approximate surface area is 132 Å². The van der Waals surface area contributed by atoms with Crippen molar-refractivity contribution in [3.8, 4) is 0 Å². The molecule has 126 valence electrons. The highest BCUT2D eigenvalue weighted by atomic mass is 32.2. The van der Waals surface area contributed by atoms with E-state index in [1.165, 1.54) is 7.05 Å². The molecule has 0 unspecified atom stereocenters. The van der Waals surface area contributed by atoms with Crippen molar-refractivity contribution in [3.63, 3.8) is 0 Å². The average Bonchev–Trinajstić information content (AvgIpc) is 2.72. The van der Waals surface area contributed by atoms with Gasteiger partial charge in [0.15, 0.2) is 4.90 Å². The van der Waals surface area contributed by atoms with Crippen LogP contribution in [0.3, 0.4) is 0 Å². The first-order chi connectivity index (χ1) is 10.5. The van der Waals surface area contributed by atoms with Gasteiger partial charge in [-0.2, -0.15) is 0 Å². The summed E-state index contributed by atoms with van der Waals surface area (Å²) in [6.45, 7) is 6.63. The summed E-state index contributed by atoms with van der Waals surface area (Å²) in [6, 6.07) is 0. The van der Waals surface area contributed by atoms with E-state index < -0.39 is 31.7 Å². The van der Waals surface area contributed by atoms with Crippen LogP contribution in [-0.4, -0.2) is 23.1 Å². The number of H-pyrrole nitrogens is 1. The summed E-state index contributed by atoms with van der Waals surface area (Å²) in [4.78, 5) is 24.6. The van der Waals surface area contributed by atoms with Crippen LogP contribution in [0, 0.1) is 13.8 Å². The minimum Gasteiger partial charge on any atom is -0.361 e. The highest BCUT2D eigenvalue weighted by Crippen LogP contribution is 2.28. The first-order valence-corrected chi connectivity index (χ1v) is 8.21. The molecule has 0 saturated carbocycles. The van der Waals surface area contributed by atoms with Crippen molar-refractivity contribution >= 4 is 10.0 Å². The Bertz CT molecular complexity index is 945. The summed E-state index contributed by atoms with van der Waals surface area (Å²) >= 11 is 0. The van der Waals surface area contributed by atoms with Gasteiger partial charge in [0.25, 0.3) is 5.56 Å². The molecule has 0 radical (unpaired) electrons. The van der Waals surface area contributed by atoms with Crippen LogP contribution in [0.4, 0.5) is 0 Å². The van der Waals surface area contributed by atoms with Crippen LogP contribution in [0.1, 0.15) is 30.9 Å². The summed E-state index contributed by atoms with van der Waals surface area (Å²) in [5.41, 5.74) is -1.60. The van der Waals surface area contributed by atoms with E-state index in [1.54, 1.807) is 27.7 Å². The lowest BCUT2D eigenvalue weighted by molar-refractivity contribution is 0.386. The number of aromatic amines is 1. The molecule has 2 aromatic rings. The Balaban J connectivity index is 2.52. The van der Waals surface area contributed by atoms with Crippen LogP contribution < -0.4 is 16.0 Å². The number of aryl methyl sites for hydroxylation is 3. The molecule has 0 spiro atoms. The Hall–Kier alpha value is -2.20. The van der Waals surface area contributed by atoms with Crippen LogP contribution in [0.15, 0.2) is 25.2 Å². The smallest absolute Gasteiger partial charge is 0.328 e. The number of nitrogens with zero attached hydrogens (tertiary/aromatic N) is 2. The molecule has 9 nitrogen and oxygen atoms in total. The molecule has 0 aliphatic heterocycles. The minimum absolute atomic E-state index is 0.476. The van der Waals surface area contributed by atoms with Gasteiger partial charge >= 0.3 is 5.69 Å². The number of aromatic nitrogens is 3. The topological polar surface area (TPSA) is 127 Å². The largest absolute Gasteiger partial charge is 0.361 e. The van der Waals surface area contributed by atoms with Crippen LogP contribution in [0.5, 0.6) is 0 Å². The van der Waals surface area contributed by atoms with Crippen molar-refractivity contribution in [1.82, 2.24) is 19.4 Å². The Morgan fingerprint density at radius 2 is 1.91 bits per heavy atom. The quantitative estimate of drug-likeness (QED) is 0.798. The molecule has 0 aliphatic rings. The molecule has 0 saturated heterocycles. The molecule has 2 heterocycles. The summed E-state index contributed by atoms with van der Waals surface area (Å²) in [7, 11) is -2.83. The van der Waals surface area contributed by atoms with Crippen molar-refractivity contribution in [2.45, 2.75) is 38.1 Å². The molecule has 0 amide bonds. The van der Waals surface area contributed by atoms with Crippen molar-refractivity contribution < 1.29 is 12.9 Å². The van der Waals surface area contributed by atoms with Crippen molar-refractivity contribution in [3.05, 3.63) is 44.1 Å². The Morgan fingerprint density at radius 1 is 1.30 bits per heavy atom. The molecule has 0 aromatic carbocycles. The minimum atomic E-state index is -4.17. The van der Waals surface area contributed by atoms with Gasteiger partial charge in [0.05, 0.1) is 11.2 Å². The lowest BCUT2D eigenvalue weighted by atomic mass is 9.94. The summed E-state index contributed by atoms with van der Waals surface area (Å²) in [6.07, 6.45) is 0.979. The van der Waals surface area contributed by atoms with Gasteiger partial charge in [0, 0.05) is 18.8 Å². The van der Waals surface area contributed by atoms with E-state index in [1.807, 2.05) is 4.98 Å². The first kappa shape index (κ1) is 17.2. The second-order valence-electron chi connectivity index (χ2n) is 5.79. The number of rotatable bonds is 4. The summed E-state index contributed by atoms with van der Waals surface area (Å²) in [5.74, 6) is 0.476. The van der Waals surface area contributed by atoms with E-state index in [0.29, 0.717) is 17.0 Å². The highest BCUT2D eigenvalue weighted by molar-refractivity contribution is 7.89. The Morgan fingerprint density at radius 3 is 2.43 bits per heavy atom. The van der Waals surface area contributed by atoms with Gasteiger partial charge in [0.1, 0.15) is 5.76 Å². The number of hydrogen-bond donors (Lipinski definition) is 2. The molecule has 2 N–H and O–H groups in total. The van der Waals surface area contributed by atoms with Gasteiger partial charge in [-0.25, -0.2) is 17.9 Å². The molecule has 0 fully saturated rings. The highest BCUT2D eigenvalue weighted by Gasteiger charge is 2.34. The van der Waals surface area contributed by atoms with Crippen LogP contribution in [0.25, 0.3) is 0 Å². The van der Waals surface area contributed by atoms with Gasteiger partial charge < -0.3 is 9.09 Å². The van der Waals surface area contributed by atoms with Crippen LogP contribution in [-0.2, 0) is 22.6 Å². The predicted octanol–water partition coefficient (Wildman–Crippen LogP) is -0.108. The number of nitrogens with one attached hydrogen (secondary N) is 2. The fourth-order valence-corrected chi connectivity index (χ4v) is 4.02. The molecular weight excluding hydrogens is 324 g/mol. The molecular formula is C13H18N4O5S. The van der Waals surface area contributed by atoms with E-state index >= 15 is 0 Å². The van der Waals surface area contributed by atoms with E-state index in [4.69, 9.17) is 4.52 Å². The van der Waals surface area contributed by atoms with E-state index in [0.717, 1.165) is 10.8 Å². The Kier molecular flexibility index (Phi) is 4.07. The van der Waals surface area contributed by atoms with E-state index in [2.05, 4.69) is 9.88 Å². The number of hydrogen-bond acceptors (Lipinski definition) is 6. The second-order valence-corrected chi connectivity index (χ2v) is 7.44. The summed E-state index contributed by atoms with van der Waals surface area (Å²) in [5, 5.41) is 3.81. The predicted molar refractivity (Wildman–Crippen MR) is 81.6 cm³/mol. The molecule has 0 atom stereocenters. The maximum Gasteiger partial charge on any atom is 0.328 e. The maximum atomic E-state index is 12.6. The maximum absolute atomic E-state index is 12.6. The standard InChI is InChI=1S/C13H18N4O5S/c1-7-10(8(2)22-15-7)13(3,4)16-23(20,21)9-6-17(5)12(19)14-11(9)18/h6,16H,1-5H3,(H,14,18,19). The van der Waals surface area contributed by atoms with Gasteiger partial charge in [-0.05, 0) is 27.7 Å². The lowest BCUT2D eigenvalue weighted by Gasteiger charge is -2.25. The van der Waals surface area contributed by atoms with Gasteiger partial charge in [-0.15, -0.1) is 0 Å². The molecule has 2 rings (SSSR count). The third-order valence-corrected chi connectivity index (χ3v) is 5.06. The second kappa shape index (κ2) is 5.46. The lowest BCUT2D eigenvalue weighted by Crippen LogP contribution is -2.44. The zero-order valence-electron chi connectivity index (χ0n) is 13.4. The average molecular weight is 342 g/mol. The van der Waals surface area contributed by atoms with Crippen LogP contribution >= 0.6 is 0 Å².